The molecule has 0 aromatic carbocycles. The molecule has 0 bridgehead atoms. The summed E-state index contributed by atoms with van der Waals surface area (Å²) in [4.78, 5) is 21.9. The summed E-state index contributed by atoms with van der Waals surface area (Å²) >= 11 is 1.89. The zero-order valence-corrected chi connectivity index (χ0v) is 10.1. The van der Waals surface area contributed by atoms with Crippen molar-refractivity contribution >= 4 is 23.6 Å². The maximum atomic E-state index is 11.1. The van der Waals surface area contributed by atoms with Gasteiger partial charge >= 0.3 is 6.03 Å². The molecule has 16 heavy (non-hydrogen) atoms. The number of thioether (sulfide) groups is 1. The van der Waals surface area contributed by atoms with Crippen molar-refractivity contribution < 1.29 is 9.59 Å². The van der Waals surface area contributed by atoms with Crippen molar-refractivity contribution in [3.05, 3.63) is 0 Å². The van der Waals surface area contributed by atoms with Gasteiger partial charge in [0.25, 0.3) is 0 Å². The van der Waals surface area contributed by atoms with Crippen molar-refractivity contribution in [2.45, 2.75) is 30.7 Å². The molecular formula is C10H17N3O2S. The van der Waals surface area contributed by atoms with Crippen LogP contribution in [0.25, 0.3) is 0 Å². The molecule has 0 aromatic heterocycles. The molecule has 3 unspecified atom stereocenters. The number of amides is 2. The van der Waals surface area contributed by atoms with Crippen LogP contribution in [0.1, 0.15) is 13.3 Å². The smallest absolute Gasteiger partial charge is 0.315 e. The third-order valence-electron chi connectivity index (χ3n) is 2.92. The third-order valence-corrected chi connectivity index (χ3v) is 4.43. The first-order chi connectivity index (χ1) is 7.66. The summed E-state index contributed by atoms with van der Waals surface area (Å²) in [6.07, 6.45) is 0.987. The highest BCUT2D eigenvalue weighted by Crippen LogP contribution is 2.31. The molecule has 2 fully saturated rings. The maximum absolute atomic E-state index is 11.1. The van der Waals surface area contributed by atoms with Crippen molar-refractivity contribution in [3.63, 3.8) is 0 Å². The van der Waals surface area contributed by atoms with Crippen LogP contribution in [0.3, 0.4) is 0 Å². The van der Waals surface area contributed by atoms with Gasteiger partial charge in [0.2, 0.25) is 0 Å². The average Bonchev–Trinajstić information content (AvgIpc) is 2.72. The van der Waals surface area contributed by atoms with Crippen LogP contribution in [-0.2, 0) is 4.79 Å². The monoisotopic (exact) mass is 243 g/mol. The van der Waals surface area contributed by atoms with Gasteiger partial charge in [-0.1, -0.05) is 0 Å². The fraction of sp³-hybridized carbons (Fsp3) is 0.800. The highest BCUT2D eigenvalue weighted by Gasteiger charge is 2.42. The largest absolute Gasteiger partial charge is 0.332 e. The molecule has 0 saturated carbocycles. The van der Waals surface area contributed by atoms with Crippen LogP contribution in [0.2, 0.25) is 0 Å². The minimum absolute atomic E-state index is 0.0444. The minimum Gasteiger partial charge on any atom is -0.332 e. The second kappa shape index (κ2) is 5.05. The van der Waals surface area contributed by atoms with Crippen molar-refractivity contribution in [2.24, 2.45) is 0 Å². The third kappa shape index (κ3) is 2.68. The molecule has 2 rings (SSSR count). The number of hydrogen-bond donors (Lipinski definition) is 3. The molecule has 2 heterocycles. The highest BCUT2D eigenvalue weighted by molar-refractivity contribution is 8.00. The molecule has 0 radical (unpaired) electrons. The predicted octanol–water partition coefficient (Wildman–Crippen LogP) is -0.279. The van der Waals surface area contributed by atoms with E-state index in [1.807, 2.05) is 11.8 Å². The Bertz CT molecular complexity index is 298. The first-order valence-corrected chi connectivity index (χ1v) is 6.60. The van der Waals surface area contributed by atoms with Gasteiger partial charge in [-0.15, -0.1) is 0 Å². The van der Waals surface area contributed by atoms with Gasteiger partial charge in [0, 0.05) is 11.0 Å². The van der Waals surface area contributed by atoms with E-state index >= 15 is 0 Å². The van der Waals surface area contributed by atoms with E-state index in [-0.39, 0.29) is 23.9 Å². The summed E-state index contributed by atoms with van der Waals surface area (Å²) in [7, 11) is 0. The van der Waals surface area contributed by atoms with Crippen molar-refractivity contribution in [1.82, 2.24) is 16.0 Å². The zero-order valence-electron chi connectivity index (χ0n) is 9.29. The molecule has 3 atom stereocenters. The number of Topliss-reactive ketones (excluding diaryl/α,β-unsaturated/α-hetero) is 1. The predicted molar refractivity (Wildman–Crippen MR) is 63.7 cm³/mol. The van der Waals surface area contributed by atoms with E-state index in [0.717, 1.165) is 18.7 Å². The molecule has 5 nitrogen and oxygen atoms in total. The van der Waals surface area contributed by atoms with E-state index in [2.05, 4.69) is 16.0 Å². The Morgan fingerprint density at radius 3 is 3.12 bits per heavy atom. The Morgan fingerprint density at radius 1 is 1.56 bits per heavy atom. The highest BCUT2D eigenvalue weighted by atomic mass is 32.2. The second-order valence-corrected chi connectivity index (χ2v) is 5.56. The number of ketones is 1. The van der Waals surface area contributed by atoms with Gasteiger partial charge < -0.3 is 16.0 Å². The molecule has 0 aliphatic carbocycles. The SMILES string of the molecule is CC(=O)CNCCC1SCC2NC(=O)NC21. The number of nitrogens with one attached hydrogen (secondary N) is 3. The van der Waals surface area contributed by atoms with Crippen LogP contribution in [0.5, 0.6) is 0 Å². The number of hydrogen-bond acceptors (Lipinski definition) is 4. The van der Waals surface area contributed by atoms with Crippen LogP contribution in [0.4, 0.5) is 4.79 Å². The standard InChI is InChI=1S/C10H17N3O2S/c1-6(14)4-11-3-2-8-9-7(5-16-8)12-10(15)13-9/h7-9,11H,2-5H2,1H3,(H2,12,13,15). The summed E-state index contributed by atoms with van der Waals surface area (Å²) in [5.74, 6) is 1.15. The quantitative estimate of drug-likeness (QED) is 0.459. The molecule has 2 aliphatic heterocycles. The van der Waals surface area contributed by atoms with Gasteiger partial charge in [0.05, 0.1) is 18.6 Å². The van der Waals surface area contributed by atoms with Crippen LogP contribution < -0.4 is 16.0 Å². The summed E-state index contributed by atoms with van der Waals surface area (Å²) < 4.78 is 0. The van der Waals surface area contributed by atoms with Crippen LogP contribution in [-0.4, -0.2) is 48.0 Å². The summed E-state index contributed by atoms with van der Waals surface area (Å²) in [6, 6.07) is 0.504. The van der Waals surface area contributed by atoms with Crippen molar-refractivity contribution in [1.29, 1.82) is 0 Å². The lowest BCUT2D eigenvalue weighted by Gasteiger charge is -2.16. The molecule has 2 amide bonds. The van der Waals surface area contributed by atoms with E-state index in [1.165, 1.54) is 0 Å². The van der Waals surface area contributed by atoms with Gasteiger partial charge in [-0.25, -0.2) is 4.79 Å². The zero-order chi connectivity index (χ0) is 11.5. The van der Waals surface area contributed by atoms with Gasteiger partial charge in [0.1, 0.15) is 5.78 Å². The molecular weight excluding hydrogens is 226 g/mol. The van der Waals surface area contributed by atoms with Crippen LogP contribution >= 0.6 is 11.8 Å². The number of carbonyl (C=O) groups excluding carboxylic acids is 2. The molecule has 0 aromatic rings. The number of carbonyl (C=O) groups is 2. The van der Waals surface area contributed by atoms with E-state index in [0.29, 0.717) is 11.8 Å². The Hall–Kier alpha value is -0.750. The lowest BCUT2D eigenvalue weighted by molar-refractivity contribution is -0.116. The molecule has 2 saturated heterocycles. The summed E-state index contributed by atoms with van der Waals surface area (Å²) in [6.45, 7) is 2.85. The number of fused-ring (bicyclic) bond motifs is 1. The topological polar surface area (TPSA) is 70.2 Å². The Balaban J connectivity index is 1.70. The molecule has 0 spiro atoms. The van der Waals surface area contributed by atoms with E-state index in [9.17, 15) is 9.59 Å². The van der Waals surface area contributed by atoms with Crippen molar-refractivity contribution in [2.75, 3.05) is 18.8 Å². The molecule has 90 valence electrons. The van der Waals surface area contributed by atoms with Gasteiger partial charge in [0.15, 0.2) is 0 Å². The summed E-state index contributed by atoms with van der Waals surface area (Å²) in [5.41, 5.74) is 0. The molecule has 2 aliphatic rings. The minimum atomic E-state index is -0.0444. The average molecular weight is 243 g/mol. The maximum Gasteiger partial charge on any atom is 0.315 e. The molecule has 6 heteroatoms. The summed E-state index contributed by atoms with van der Waals surface area (Å²) in [5, 5.41) is 9.43. The first-order valence-electron chi connectivity index (χ1n) is 5.55. The normalized spacial score (nSPS) is 32.1. The molecule has 3 N–H and O–H groups in total. The van der Waals surface area contributed by atoms with Crippen LogP contribution in [0, 0.1) is 0 Å². The Kier molecular flexibility index (Phi) is 3.70. The van der Waals surface area contributed by atoms with Crippen LogP contribution in [0.15, 0.2) is 0 Å². The van der Waals surface area contributed by atoms with Crippen molar-refractivity contribution in [3.8, 4) is 0 Å². The second-order valence-electron chi connectivity index (χ2n) is 4.29. The Labute approximate surface area is 99.1 Å². The lowest BCUT2D eigenvalue weighted by atomic mass is 10.1. The lowest BCUT2D eigenvalue weighted by Crippen LogP contribution is -2.38. The fourth-order valence-electron chi connectivity index (χ4n) is 2.15. The van der Waals surface area contributed by atoms with Gasteiger partial charge in [-0.3, -0.25) is 4.79 Å². The van der Waals surface area contributed by atoms with E-state index < -0.39 is 0 Å². The van der Waals surface area contributed by atoms with E-state index in [4.69, 9.17) is 0 Å². The number of urea groups is 1. The first kappa shape index (κ1) is 11.7. The van der Waals surface area contributed by atoms with Gasteiger partial charge in [-0.05, 0) is 19.9 Å². The fourth-order valence-corrected chi connectivity index (χ4v) is 3.65. The van der Waals surface area contributed by atoms with E-state index in [1.54, 1.807) is 6.92 Å². The van der Waals surface area contributed by atoms with Gasteiger partial charge in [-0.2, -0.15) is 11.8 Å². The Morgan fingerprint density at radius 2 is 2.38 bits per heavy atom. The number of rotatable bonds is 5.